The highest BCUT2D eigenvalue weighted by Gasteiger charge is 2.07. The molecular formula is C14H15ClN2OS. The zero-order chi connectivity index (χ0) is 13.8. The van der Waals surface area contributed by atoms with Gasteiger partial charge in [0.05, 0.1) is 5.56 Å². The van der Waals surface area contributed by atoms with E-state index in [2.05, 4.69) is 12.2 Å². The van der Waals surface area contributed by atoms with Crippen molar-refractivity contribution in [3.05, 3.63) is 56.7 Å². The lowest BCUT2D eigenvalue weighted by Gasteiger charge is -2.13. The van der Waals surface area contributed by atoms with E-state index in [4.69, 9.17) is 17.3 Å². The van der Waals surface area contributed by atoms with Crippen molar-refractivity contribution in [2.24, 2.45) is 5.73 Å². The van der Waals surface area contributed by atoms with Crippen LogP contribution in [0.15, 0.2) is 35.7 Å². The molecule has 1 amide bonds. The van der Waals surface area contributed by atoms with Gasteiger partial charge >= 0.3 is 0 Å². The molecule has 1 aromatic heterocycles. The molecule has 3 nitrogen and oxygen atoms in total. The number of hydrogen-bond acceptors (Lipinski definition) is 3. The molecule has 1 heterocycles. The Morgan fingerprint density at radius 2 is 2.11 bits per heavy atom. The first-order valence-corrected chi connectivity index (χ1v) is 7.18. The quantitative estimate of drug-likeness (QED) is 0.888. The summed E-state index contributed by atoms with van der Waals surface area (Å²) in [6.45, 7) is 2.80. The van der Waals surface area contributed by atoms with Crippen LogP contribution in [-0.2, 0) is 6.54 Å². The van der Waals surface area contributed by atoms with Crippen LogP contribution in [0.1, 0.15) is 33.8 Å². The van der Waals surface area contributed by atoms with Crippen molar-refractivity contribution >= 4 is 28.8 Å². The van der Waals surface area contributed by atoms with E-state index >= 15 is 0 Å². The van der Waals surface area contributed by atoms with Gasteiger partial charge in [-0.05, 0) is 30.7 Å². The molecule has 2 aromatic rings. The van der Waals surface area contributed by atoms with Gasteiger partial charge < -0.3 is 11.1 Å². The molecule has 100 valence electrons. The Bertz CT molecular complexity index is 565. The van der Waals surface area contributed by atoms with Gasteiger partial charge in [0.1, 0.15) is 0 Å². The molecule has 1 atom stereocenters. The number of amides is 1. The number of nitrogens with two attached hydrogens (primary N) is 1. The minimum Gasteiger partial charge on any atom is -0.366 e. The monoisotopic (exact) mass is 294 g/mol. The van der Waals surface area contributed by atoms with Gasteiger partial charge in [-0.15, -0.1) is 11.3 Å². The third-order valence-corrected chi connectivity index (χ3v) is 4.08. The van der Waals surface area contributed by atoms with E-state index in [1.54, 1.807) is 5.38 Å². The van der Waals surface area contributed by atoms with E-state index in [1.165, 1.54) is 16.9 Å². The van der Waals surface area contributed by atoms with E-state index in [1.807, 2.05) is 30.3 Å². The lowest BCUT2D eigenvalue weighted by molar-refractivity contribution is 0.100. The van der Waals surface area contributed by atoms with Crippen LogP contribution in [0.3, 0.4) is 0 Å². The lowest BCUT2D eigenvalue weighted by Crippen LogP contribution is -2.17. The Hall–Kier alpha value is -1.36. The first kappa shape index (κ1) is 14.1. The number of halogens is 1. The van der Waals surface area contributed by atoms with Crippen molar-refractivity contribution in [1.82, 2.24) is 5.32 Å². The molecule has 0 aliphatic rings. The van der Waals surface area contributed by atoms with Crippen molar-refractivity contribution in [2.75, 3.05) is 0 Å². The van der Waals surface area contributed by atoms with Crippen molar-refractivity contribution in [3.8, 4) is 0 Å². The first-order chi connectivity index (χ1) is 9.06. The highest BCUT2D eigenvalue weighted by Crippen LogP contribution is 2.18. The summed E-state index contributed by atoms with van der Waals surface area (Å²) in [5.74, 6) is -0.381. The minimum absolute atomic E-state index is 0.219. The summed E-state index contributed by atoms with van der Waals surface area (Å²) >= 11 is 7.39. The number of carbonyl (C=O) groups is 1. The van der Waals surface area contributed by atoms with E-state index in [0.717, 1.165) is 9.90 Å². The summed E-state index contributed by atoms with van der Waals surface area (Å²) in [7, 11) is 0. The highest BCUT2D eigenvalue weighted by molar-refractivity contribution is 7.10. The smallest absolute Gasteiger partial charge is 0.249 e. The van der Waals surface area contributed by atoms with Crippen LogP contribution in [0.25, 0.3) is 0 Å². The molecule has 3 N–H and O–H groups in total. The number of thiophene rings is 1. The summed E-state index contributed by atoms with van der Waals surface area (Å²) in [6.07, 6.45) is 0. The Labute approximate surface area is 121 Å². The van der Waals surface area contributed by atoms with Crippen LogP contribution in [-0.4, -0.2) is 5.91 Å². The first-order valence-electron chi connectivity index (χ1n) is 5.92. The van der Waals surface area contributed by atoms with Crippen molar-refractivity contribution < 1.29 is 4.79 Å². The molecule has 0 unspecified atom stereocenters. The third-order valence-electron chi connectivity index (χ3n) is 2.89. The highest BCUT2D eigenvalue weighted by atomic mass is 35.5. The lowest BCUT2D eigenvalue weighted by atomic mass is 10.1. The summed E-state index contributed by atoms with van der Waals surface area (Å²) in [4.78, 5) is 12.1. The molecule has 0 radical (unpaired) electrons. The minimum atomic E-state index is -0.381. The van der Waals surface area contributed by atoms with Crippen LogP contribution in [0.5, 0.6) is 0 Å². The maximum absolute atomic E-state index is 11.0. The second-order valence-corrected chi connectivity index (χ2v) is 5.75. The number of primary amides is 1. The molecular weight excluding hydrogens is 280 g/mol. The fourth-order valence-electron chi connectivity index (χ4n) is 1.73. The number of hydrogen-bond donors (Lipinski definition) is 2. The maximum atomic E-state index is 11.0. The van der Waals surface area contributed by atoms with Gasteiger partial charge in [-0.2, -0.15) is 0 Å². The van der Waals surface area contributed by atoms with Gasteiger partial charge in [0.15, 0.2) is 0 Å². The Balaban J connectivity index is 1.94. The molecule has 19 heavy (non-hydrogen) atoms. The Morgan fingerprint density at radius 3 is 2.68 bits per heavy atom. The largest absolute Gasteiger partial charge is 0.366 e. The van der Waals surface area contributed by atoms with Crippen LogP contribution >= 0.6 is 22.9 Å². The second kappa shape index (κ2) is 6.19. The maximum Gasteiger partial charge on any atom is 0.249 e. The van der Waals surface area contributed by atoms with E-state index in [0.29, 0.717) is 12.1 Å². The Kier molecular flexibility index (Phi) is 4.58. The molecule has 2 rings (SSSR count). The summed E-state index contributed by atoms with van der Waals surface area (Å²) in [5.41, 5.74) is 6.97. The molecule has 0 saturated heterocycles. The molecule has 1 aromatic carbocycles. The SMILES string of the molecule is C[C@@H](NCc1cc(C(N)=O)cs1)c1ccc(Cl)cc1. The second-order valence-electron chi connectivity index (χ2n) is 4.32. The predicted molar refractivity (Wildman–Crippen MR) is 79.5 cm³/mol. The molecule has 5 heteroatoms. The topological polar surface area (TPSA) is 55.1 Å². The van der Waals surface area contributed by atoms with Crippen molar-refractivity contribution in [3.63, 3.8) is 0 Å². The summed E-state index contributed by atoms with van der Waals surface area (Å²) < 4.78 is 0. The number of carbonyl (C=O) groups excluding carboxylic acids is 1. The van der Waals surface area contributed by atoms with Crippen LogP contribution in [0, 0.1) is 0 Å². The molecule has 0 aliphatic carbocycles. The molecule has 0 bridgehead atoms. The van der Waals surface area contributed by atoms with Crippen molar-refractivity contribution in [1.29, 1.82) is 0 Å². The summed E-state index contributed by atoms with van der Waals surface area (Å²) in [5, 5.41) is 5.92. The van der Waals surface area contributed by atoms with Gasteiger partial charge in [-0.1, -0.05) is 23.7 Å². The number of rotatable bonds is 5. The van der Waals surface area contributed by atoms with Crippen LogP contribution < -0.4 is 11.1 Å². The molecule has 0 aliphatic heterocycles. The van der Waals surface area contributed by atoms with Gasteiger partial charge in [0, 0.05) is 27.9 Å². The van der Waals surface area contributed by atoms with Gasteiger partial charge in [0.25, 0.3) is 0 Å². The molecule has 0 saturated carbocycles. The fourth-order valence-corrected chi connectivity index (χ4v) is 2.68. The summed E-state index contributed by atoms with van der Waals surface area (Å²) in [6, 6.07) is 9.81. The predicted octanol–water partition coefficient (Wildman–Crippen LogP) is 3.35. The van der Waals surface area contributed by atoms with Crippen LogP contribution in [0.4, 0.5) is 0 Å². The van der Waals surface area contributed by atoms with Crippen LogP contribution in [0.2, 0.25) is 5.02 Å². The number of nitrogens with one attached hydrogen (secondary N) is 1. The van der Waals surface area contributed by atoms with Gasteiger partial charge in [0.2, 0.25) is 5.91 Å². The van der Waals surface area contributed by atoms with E-state index < -0.39 is 0 Å². The Morgan fingerprint density at radius 1 is 1.42 bits per heavy atom. The van der Waals surface area contributed by atoms with E-state index in [-0.39, 0.29) is 11.9 Å². The zero-order valence-electron chi connectivity index (χ0n) is 10.5. The molecule has 0 fully saturated rings. The average molecular weight is 295 g/mol. The average Bonchev–Trinajstić information content (AvgIpc) is 2.86. The third kappa shape index (κ3) is 3.80. The van der Waals surface area contributed by atoms with Gasteiger partial charge in [-0.25, -0.2) is 0 Å². The zero-order valence-corrected chi connectivity index (χ0v) is 12.1. The standard InChI is InChI=1S/C14H15ClN2OS/c1-9(10-2-4-12(15)5-3-10)17-7-13-6-11(8-19-13)14(16)18/h2-6,8-9,17H,7H2,1H3,(H2,16,18)/t9-/m1/s1. The number of benzene rings is 1. The van der Waals surface area contributed by atoms with Gasteiger partial charge in [-0.3, -0.25) is 4.79 Å². The normalized spacial score (nSPS) is 12.3. The van der Waals surface area contributed by atoms with E-state index in [9.17, 15) is 4.79 Å². The van der Waals surface area contributed by atoms with Crippen molar-refractivity contribution in [2.45, 2.75) is 19.5 Å². The molecule has 0 spiro atoms. The fraction of sp³-hybridized carbons (Fsp3) is 0.214.